The van der Waals surface area contributed by atoms with Gasteiger partial charge in [-0.05, 0) is 42.3 Å². The van der Waals surface area contributed by atoms with Gasteiger partial charge in [0.2, 0.25) is 11.5 Å². The number of amides is 1. The molecular weight excluding hydrogens is 278 g/mol. The number of nitrogens with one attached hydrogen (secondary N) is 1. The van der Waals surface area contributed by atoms with E-state index in [1.807, 2.05) is 0 Å². The lowest BCUT2D eigenvalue weighted by Gasteiger charge is -2.19. The zero-order valence-electron chi connectivity index (χ0n) is 12.3. The van der Waals surface area contributed by atoms with Gasteiger partial charge < -0.3 is 20.2 Å². The maximum atomic E-state index is 11.5. The standard InChI is InChI=1S/C13H17N3O5/c1-8(17)10-5-9(6-11(15-10)16(19)20)7-14-12(18)21-13(2,3)4/h5-6H,7H2,1-4H3,(H,14,18). The number of ketones is 1. The summed E-state index contributed by atoms with van der Waals surface area (Å²) in [6.45, 7) is 6.42. The number of nitro groups is 1. The van der Waals surface area contributed by atoms with E-state index < -0.39 is 28.2 Å². The zero-order chi connectivity index (χ0) is 16.2. The summed E-state index contributed by atoms with van der Waals surface area (Å²) < 4.78 is 5.05. The largest absolute Gasteiger partial charge is 0.444 e. The highest BCUT2D eigenvalue weighted by atomic mass is 16.6. The van der Waals surface area contributed by atoms with Gasteiger partial charge >= 0.3 is 11.9 Å². The van der Waals surface area contributed by atoms with Gasteiger partial charge in [0.05, 0.1) is 0 Å². The molecule has 0 bridgehead atoms. The predicted molar refractivity (Wildman–Crippen MR) is 74.0 cm³/mol. The third kappa shape index (κ3) is 5.55. The average Bonchev–Trinajstić information content (AvgIpc) is 2.33. The molecule has 0 spiro atoms. The van der Waals surface area contributed by atoms with Gasteiger partial charge in [-0.1, -0.05) is 0 Å². The van der Waals surface area contributed by atoms with Gasteiger partial charge in [0.15, 0.2) is 0 Å². The van der Waals surface area contributed by atoms with E-state index in [1.54, 1.807) is 20.8 Å². The molecule has 0 radical (unpaired) electrons. The molecule has 0 fully saturated rings. The van der Waals surface area contributed by atoms with Gasteiger partial charge in [-0.3, -0.25) is 4.79 Å². The fourth-order valence-electron chi connectivity index (χ4n) is 1.44. The van der Waals surface area contributed by atoms with Crippen LogP contribution in [0.5, 0.6) is 0 Å². The van der Waals surface area contributed by atoms with Crippen molar-refractivity contribution in [1.82, 2.24) is 10.3 Å². The summed E-state index contributed by atoms with van der Waals surface area (Å²) in [5, 5.41) is 13.2. The Labute approximate surface area is 121 Å². The number of hydrogen-bond donors (Lipinski definition) is 1. The first-order valence-electron chi connectivity index (χ1n) is 6.21. The third-order valence-corrected chi connectivity index (χ3v) is 2.26. The average molecular weight is 295 g/mol. The van der Waals surface area contributed by atoms with Crippen molar-refractivity contribution in [2.45, 2.75) is 39.8 Å². The Morgan fingerprint density at radius 3 is 2.48 bits per heavy atom. The summed E-state index contributed by atoms with van der Waals surface area (Å²) >= 11 is 0. The number of rotatable bonds is 4. The van der Waals surface area contributed by atoms with Crippen LogP contribution in [0.2, 0.25) is 0 Å². The SMILES string of the molecule is CC(=O)c1cc(CNC(=O)OC(C)(C)C)cc([N+](=O)[O-])n1. The Kier molecular flexibility index (Phi) is 4.96. The Morgan fingerprint density at radius 2 is 2.00 bits per heavy atom. The van der Waals surface area contributed by atoms with Crippen molar-refractivity contribution in [3.8, 4) is 0 Å². The van der Waals surface area contributed by atoms with Crippen LogP contribution in [-0.2, 0) is 11.3 Å². The Hall–Kier alpha value is -2.51. The van der Waals surface area contributed by atoms with E-state index in [9.17, 15) is 19.7 Å². The molecule has 1 amide bonds. The first kappa shape index (κ1) is 16.5. The lowest BCUT2D eigenvalue weighted by Crippen LogP contribution is -2.32. The molecule has 0 aliphatic carbocycles. The first-order valence-corrected chi connectivity index (χ1v) is 6.21. The molecule has 114 valence electrons. The van der Waals surface area contributed by atoms with Gasteiger partial charge in [0.25, 0.3) is 0 Å². The molecular formula is C13H17N3O5. The molecule has 21 heavy (non-hydrogen) atoms. The molecule has 0 saturated carbocycles. The number of ether oxygens (including phenoxy) is 1. The number of carbonyl (C=O) groups excluding carboxylic acids is 2. The number of alkyl carbamates (subject to hydrolysis) is 1. The van der Waals surface area contributed by atoms with Crippen molar-refractivity contribution in [3.63, 3.8) is 0 Å². The van der Waals surface area contributed by atoms with Crippen LogP contribution in [0.25, 0.3) is 0 Å². The van der Waals surface area contributed by atoms with Gasteiger partial charge in [-0.2, -0.15) is 0 Å². The molecule has 1 heterocycles. The van der Waals surface area contributed by atoms with Crippen molar-refractivity contribution < 1.29 is 19.2 Å². The minimum absolute atomic E-state index is 0.00144. The number of Topliss-reactive ketones (excluding diaryl/α,β-unsaturated/α-hetero) is 1. The summed E-state index contributed by atoms with van der Waals surface area (Å²) in [6, 6.07) is 2.59. The second kappa shape index (κ2) is 6.29. The van der Waals surface area contributed by atoms with Crippen LogP contribution in [0.4, 0.5) is 10.6 Å². The van der Waals surface area contributed by atoms with E-state index in [0.717, 1.165) is 0 Å². The maximum absolute atomic E-state index is 11.5. The van der Waals surface area contributed by atoms with Crippen molar-refractivity contribution in [1.29, 1.82) is 0 Å². The normalized spacial score (nSPS) is 10.9. The van der Waals surface area contributed by atoms with Gasteiger partial charge in [0, 0.05) is 19.5 Å². The second-order valence-electron chi connectivity index (χ2n) is 5.39. The summed E-state index contributed by atoms with van der Waals surface area (Å²) in [5.74, 6) is -0.832. The van der Waals surface area contributed by atoms with E-state index in [-0.39, 0.29) is 12.2 Å². The minimum Gasteiger partial charge on any atom is -0.444 e. The highest BCUT2D eigenvalue weighted by molar-refractivity contribution is 5.92. The summed E-state index contributed by atoms with van der Waals surface area (Å²) in [7, 11) is 0. The first-order chi connectivity index (χ1) is 9.58. The summed E-state index contributed by atoms with van der Waals surface area (Å²) in [5.41, 5.74) is -0.267. The molecule has 1 aromatic rings. The van der Waals surface area contributed by atoms with E-state index in [2.05, 4.69) is 10.3 Å². The van der Waals surface area contributed by atoms with Crippen molar-refractivity contribution >= 4 is 17.7 Å². The summed E-state index contributed by atoms with van der Waals surface area (Å²) in [6.07, 6.45) is -0.647. The lowest BCUT2D eigenvalue weighted by molar-refractivity contribution is -0.389. The van der Waals surface area contributed by atoms with Gasteiger partial charge in [0.1, 0.15) is 5.60 Å². The molecule has 8 nitrogen and oxygen atoms in total. The fourth-order valence-corrected chi connectivity index (χ4v) is 1.44. The number of hydrogen-bond acceptors (Lipinski definition) is 6. The van der Waals surface area contributed by atoms with Crippen LogP contribution in [0, 0.1) is 10.1 Å². The van der Waals surface area contributed by atoms with Crippen LogP contribution in [-0.4, -0.2) is 27.4 Å². The monoisotopic (exact) mass is 295 g/mol. The van der Waals surface area contributed by atoms with Crippen LogP contribution < -0.4 is 5.32 Å². The maximum Gasteiger partial charge on any atom is 0.407 e. The highest BCUT2D eigenvalue weighted by Gasteiger charge is 2.18. The Bertz CT molecular complexity index is 545. The van der Waals surface area contributed by atoms with Gasteiger partial charge in [-0.15, -0.1) is 0 Å². The van der Waals surface area contributed by atoms with Crippen LogP contribution in [0.1, 0.15) is 43.7 Å². The number of pyridine rings is 1. The minimum atomic E-state index is -0.691. The Morgan fingerprint density at radius 1 is 1.38 bits per heavy atom. The molecule has 0 unspecified atom stereocenters. The van der Waals surface area contributed by atoms with E-state index in [4.69, 9.17) is 4.74 Å². The highest BCUT2D eigenvalue weighted by Crippen LogP contribution is 2.14. The molecule has 0 atom stereocenters. The molecule has 1 rings (SSSR count). The van der Waals surface area contributed by atoms with Crippen molar-refractivity contribution in [2.75, 3.05) is 0 Å². The van der Waals surface area contributed by atoms with Crippen LogP contribution in [0.15, 0.2) is 12.1 Å². The van der Waals surface area contributed by atoms with E-state index in [0.29, 0.717) is 5.56 Å². The summed E-state index contributed by atoms with van der Waals surface area (Å²) in [4.78, 5) is 36.5. The fraction of sp³-hybridized carbons (Fsp3) is 0.462. The predicted octanol–water partition coefficient (Wildman–Crippen LogP) is 2.22. The van der Waals surface area contributed by atoms with E-state index >= 15 is 0 Å². The van der Waals surface area contributed by atoms with E-state index in [1.165, 1.54) is 19.1 Å². The molecule has 1 aromatic heterocycles. The number of nitrogens with zero attached hydrogens (tertiary/aromatic N) is 2. The zero-order valence-corrected chi connectivity index (χ0v) is 12.3. The molecule has 0 saturated heterocycles. The Balaban J connectivity index is 2.86. The topological polar surface area (TPSA) is 111 Å². The lowest BCUT2D eigenvalue weighted by atomic mass is 10.2. The number of carbonyl (C=O) groups is 2. The van der Waals surface area contributed by atoms with Crippen molar-refractivity contribution in [2.24, 2.45) is 0 Å². The molecule has 0 aliphatic heterocycles. The molecule has 0 aromatic carbocycles. The molecule has 8 heteroatoms. The van der Waals surface area contributed by atoms with Crippen LogP contribution in [0.3, 0.4) is 0 Å². The van der Waals surface area contributed by atoms with Crippen LogP contribution >= 0.6 is 0 Å². The second-order valence-corrected chi connectivity index (χ2v) is 5.39. The quantitative estimate of drug-likeness (QED) is 0.518. The van der Waals surface area contributed by atoms with Gasteiger partial charge in [-0.25, -0.2) is 4.79 Å². The molecule has 0 aliphatic rings. The third-order valence-electron chi connectivity index (χ3n) is 2.26. The smallest absolute Gasteiger partial charge is 0.407 e. The molecule has 1 N–H and O–H groups in total. The van der Waals surface area contributed by atoms with Crippen molar-refractivity contribution in [3.05, 3.63) is 33.5 Å². The number of aromatic nitrogens is 1.